The molecule has 0 aliphatic carbocycles. The van der Waals surface area contributed by atoms with E-state index in [-0.39, 0.29) is 17.0 Å². The van der Waals surface area contributed by atoms with Crippen molar-refractivity contribution in [3.05, 3.63) is 59.0 Å². The molecule has 0 radical (unpaired) electrons. The van der Waals surface area contributed by atoms with Crippen LogP contribution in [0.1, 0.15) is 39.2 Å². The fourth-order valence-corrected chi connectivity index (χ4v) is 4.41. The Kier molecular flexibility index (Phi) is 7.51. The van der Waals surface area contributed by atoms with Gasteiger partial charge in [0.15, 0.2) is 0 Å². The third-order valence-corrected chi connectivity index (χ3v) is 6.23. The van der Waals surface area contributed by atoms with Crippen molar-refractivity contribution in [2.75, 3.05) is 30.3 Å². The molecular weight excluding hydrogens is 481 g/mol. The van der Waals surface area contributed by atoms with Gasteiger partial charge in [0.2, 0.25) is 0 Å². The standard InChI is InChI=1S/C27H29ClFN5O2/c1-27(2,3)36-26(35)34-10-4-5-17(16-34)14-31-19-7-9-24-21(11-19)25(18(13-30)15-32-24)33-20-6-8-23(29)22(28)12-20/h6-9,11-12,15,17,31H,4-5,10,14,16H2,1-3H3,(H,32,33). The number of nitrogens with zero attached hydrogens (tertiary/aromatic N) is 3. The van der Waals surface area contributed by atoms with E-state index in [2.05, 4.69) is 21.7 Å². The number of nitrogens with one attached hydrogen (secondary N) is 2. The molecule has 7 nitrogen and oxygen atoms in total. The smallest absolute Gasteiger partial charge is 0.410 e. The first-order chi connectivity index (χ1) is 17.1. The molecule has 3 aromatic rings. The first-order valence-corrected chi connectivity index (χ1v) is 12.3. The van der Waals surface area contributed by atoms with Crippen molar-refractivity contribution >= 4 is 45.7 Å². The molecule has 1 atom stereocenters. The first kappa shape index (κ1) is 25.5. The number of carbonyl (C=O) groups is 1. The number of likely N-dealkylation sites (tertiary alicyclic amines) is 1. The van der Waals surface area contributed by atoms with Gasteiger partial charge in [-0.2, -0.15) is 5.26 Å². The van der Waals surface area contributed by atoms with Gasteiger partial charge in [-0.05, 0) is 75.9 Å². The zero-order valence-corrected chi connectivity index (χ0v) is 21.3. The maximum absolute atomic E-state index is 13.6. The van der Waals surface area contributed by atoms with Crippen molar-refractivity contribution in [2.45, 2.75) is 39.2 Å². The molecule has 188 valence electrons. The average molecular weight is 510 g/mol. The van der Waals surface area contributed by atoms with Crippen LogP contribution in [0.25, 0.3) is 10.9 Å². The van der Waals surface area contributed by atoms with E-state index in [0.717, 1.165) is 23.9 Å². The second-order valence-corrected chi connectivity index (χ2v) is 10.4. The topological polar surface area (TPSA) is 90.3 Å². The summed E-state index contributed by atoms with van der Waals surface area (Å²) in [6, 6.07) is 12.2. The number of ether oxygens (including phenoxy) is 1. The number of benzene rings is 2. The lowest BCUT2D eigenvalue weighted by Gasteiger charge is -2.34. The quantitative estimate of drug-likeness (QED) is 0.397. The number of fused-ring (bicyclic) bond motifs is 1. The van der Waals surface area contributed by atoms with Gasteiger partial charge in [-0.15, -0.1) is 0 Å². The molecule has 9 heteroatoms. The number of piperidine rings is 1. The molecule has 2 N–H and O–H groups in total. The molecule has 1 amide bonds. The van der Waals surface area contributed by atoms with E-state index in [4.69, 9.17) is 16.3 Å². The maximum atomic E-state index is 13.6. The highest BCUT2D eigenvalue weighted by molar-refractivity contribution is 6.31. The Balaban J connectivity index is 1.51. The van der Waals surface area contributed by atoms with Crippen molar-refractivity contribution < 1.29 is 13.9 Å². The third-order valence-electron chi connectivity index (χ3n) is 5.94. The average Bonchev–Trinajstić information content (AvgIpc) is 2.84. The summed E-state index contributed by atoms with van der Waals surface area (Å²) in [6.07, 6.45) is 3.17. The van der Waals surface area contributed by atoms with Crippen LogP contribution in [-0.2, 0) is 4.74 Å². The van der Waals surface area contributed by atoms with Crippen molar-refractivity contribution in [3.8, 4) is 6.07 Å². The lowest BCUT2D eigenvalue weighted by Crippen LogP contribution is -2.44. The molecule has 0 saturated carbocycles. The molecule has 1 aliphatic heterocycles. The molecule has 36 heavy (non-hydrogen) atoms. The van der Waals surface area contributed by atoms with Gasteiger partial charge in [0.05, 0.1) is 21.8 Å². The number of hydrogen-bond donors (Lipinski definition) is 2. The van der Waals surface area contributed by atoms with Crippen LogP contribution in [0.4, 0.5) is 26.2 Å². The minimum absolute atomic E-state index is 0.00728. The third kappa shape index (κ3) is 6.16. The number of anilines is 3. The first-order valence-electron chi connectivity index (χ1n) is 11.9. The van der Waals surface area contributed by atoms with Crippen LogP contribution in [0.5, 0.6) is 0 Å². The minimum atomic E-state index is -0.519. The van der Waals surface area contributed by atoms with E-state index in [0.29, 0.717) is 42.1 Å². The van der Waals surface area contributed by atoms with Gasteiger partial charge in [0.25, 0.3) is 0 Å². The number of nitriles is 1. The van der Waals surface area contributed by atoms with E-state index in [1.807, 2.05) is 39.0 Å². The predicted octanol–water partition coefficient (Wildman–Crippen LogP) is 6.70. The summed E-state index contributed by atoms with van der Waals surface area (Å²) in [7, 11) is 0. The summed E-state index contributed by atoms with van der Waals surface area (Å²) in [6.45, 7) is 7.63. The zero-order chi connectivity index (χ0) is 25.9. The number of carbonyl (C=O) groups excluding carboxylic acids is 1. The molecule has 0 bridgehead atoms. The summed E-state index contributed by atoms with van der Waals surface area (Å²) in [5, 5.41) is 17.1. The second-order valence-electron chi connectivity index (χ2n) is 9.96. The molecule has 2 aromatic carbocycles. The van der Waals surface area contributed by atoms with Crippen molar-refractivity contribution in [3.63, 3.8) is 0 Å². The van der Waals surface area contributed by atoms with Crippen LogP contribution in [0.3, 0.4) is 0 Å². The molecule has 4 rings (SSSR count). The Morgan fingerprint density at radius 3 is 2.78 bits per heavy atom. The highest BCUT2D eigenvalue weighted by atomic mass is 35.5. The molecule has 1 fully saturated rings. The Morgan fingerprint density at radius 2 is 2.06 bits per heavy atom. The summed E-state index contributed by atoms with van der Waals surface area (Å²) in [5.74, 6) is -0.230. The molecule has 0 spiro atoms. The second kappa shape index (κ2) is 10.6. The van der Waals surface area contributed by atoms with Gasteiger partial charge in [-0.25, -0.2) is 9.18 Å². The van der Waals surface area contributed by atoms with E-state index in [9.17, 15) is 14.4 Å². The lowest BCUT2D eigenvalue weighted by molar-refractivity contribution is 0.0172. The van der Waals surface area contributed by atoms with Crippen LogP contribution in [0.15, 0.2) is 42.6 Å². The zero-order valence-electron chi connectivity index (χ0n) is 20.6. The number of rotatable bonds is 5. The van der Waals surface area contributed by atoms with Gasteiger partial charge in [0, 0.05) is 42.6 Å². The van der Waals surface area contributed by atoms with E-state index >= 15 is 0 Å². The predicted molar refractivity (Wildman–Crippen MR) is 140 cm³/mol. The van der Waals surface area contributed by atoms with Gasteiger partial charge in [0.1, 0.15) is 17.5 Å². The fourth-order valence-electron chi connectivity index (χ4n) is 4.23. The molecule has 1 aromatic heterocycles. The van der Waals surface area contributed by atoms with Gasteiger partial charge < -0.3 is 20.3 Å². The lowest BCUT2D eigenvalue weighted by atomic mass is 9.98. The summed E-state index contributed by atoms with van der Waals surface area (Å²) in [4.78, 5) is 18.7. The van der Waals surface area contributed by atoms with E-state index in [1.54, 1.807) is 11.0 Å². The Labute approximate surface area is 215 Å². The monoisotopic (exact) mass is 509 g/mol. The molecule has 1 unspecified atom stereocenters. The van der Waals surface area contributed by atoms with Crippen LogP contribution in [0, 0.1) is 23.1 Å². The number of pyridine rings is 1. The number of aromatic nitrogens is 1. The molecule has 1 aliphatic rings. The molecular formula is C27H29ClFN5O2. The number of halogens is 2. The largest absolute Gasteiger partial charge is 0.444 e. The SMILES string of the molecule is CC(C)(C)OC(=O)N1CCCC(CNc2ccc3ncc(C#N)c(Nc4ccc(F)c(Cl)c4)c3c2)C1. The fraction of sp³-hybridized carbons (Fsp3) is 0.370. The Bertz CT molecular complexity index is 1320. The molecule has 2 heterocycles. The van der Waals surface area contributed by atoms with Gasteiger partial charge in [-0.1, -0.05) is 11.6 Å². The van der Waals surface area contributed by atoms with Crippen LogP contribution < -0.4 is 10.6 Å². The van der Waals surface area contributed by atoms with E-state index in [1.165, 1.54) is 18.3 Å². The van der Waals surface area contributed by atoms with Crippen molar-refractivity contribution in [1.29, 1.82) is 5.26 Å². The summed E-state index contributed by atoms with van der Waals surface area (Å²) in [5.41, 5.74) is 2.56. The minimum Gasteiger partial charge on any atom is -0.444 e. The Morgan fingerprint density at radius 1 is 1.28 bits per heavy atom. The van der Waals surface area contributed by atoms with E-state index < -0.39 is 11.4 Å². The van der Waals surface area contributed by atoms with Gasteiger partial charge in [-0.3, -0.25) is 4.98 Å². The number of hydrogen-bond acceptors (Lipinski definition) is 6. The summed E-state index contributed by atoms with van der Waals surface area (Å²) >= 11 is 5.94. The number of amides is 1. The van der Waals surface area contributed by atoms with Crippen molar-refractivity contribution in [2.24, 2.45) is 5.92 Å². The highest BCUT2D eigenvalue weighted by Gasteiger charge is 2.27. The van der Waals surface area contributed by atoms with Gasteiger partial charge >= 0.3 is 6.09 Å². The Hall–Kier alpha value is -3.57. The summed E-state index contributed by atoms with van der Waals surface area (Å²) < 4.78 is 19.1. The maximum Gasteiger partial charge on any atom is 0.410 e. The van der Waals surface area contributed by atoms with Crippen molar-refractivity contribution in [1.82, 2.24) is 9.88 Å². The molecule has 1 saturated heterocycles. The van der Waals surface area contributed by atoms with Crippen LogP contribution in [-0.4, -0.2) is 41.2 Å². The van der Waals surface area contributed by atoms with Crippen LogP contribution in [0.2, 0.25) is 5.02 Å². The normalized spacial score (nSPS) is 15.9. The van der Waals surface area contributed by atoms with Crippen LogP contribution >= 0.6 is 11.6 Å². The highest BCUT2D eigenvalue weighted by Crippen LogP contribution is 2.32.